The molecule has 4 nitrogen and oxygen atoms in total. The van der Waals surface area contributed by atoms with Gasteiger partial charge in [-0.25, -0.2) is 17.2 Å². The second-order valence-corrected chi connectivity index (χ2v) is 8.19. The fraction of sp³-hybridized carbons (Fsp3) is 0.294. The quantitative estimate of drug-likeness (QED) is 0.810. The van der Waals surface area contributed by atoms with E-state index in [0.717, 1.165) is 6.07 Å². The van der Waals surface area contributed by atoms with E-state index in [2.05, 4.69) is 0 Å². The van der Waals surface area contributed by atoms with Gasteiger partial charge in [-0.1, -0.05) is 29.8 Å². The Balaban J connectivity index is 1.68. The lowest BCUT2D eigenvalue weighted by molar-refractivity contribution is 0.179. The molecule has 0 spiro atoms. The molecule has 0 radical (unpaired) electrons. The first kappa shape index (κ1) is 18.3. The summed E-state index contributed by atoms with van der Waals surface area (Å²) in [5, 5.41) is 0.145. The van der Waals surface area contributed by atoms with Crippen molar-refractivity contribution in [1.82, 2.24) is 9.21 Å². The number of hydrogen-bond donors (Lipinski definition) is 0. The van der Waals surface area contributed by atoms with E-state index in [0.29, 0.717) is 25.2 Å². The zero-order valence-electron chi connectivity index (χ0n) is 13.3. The van der Waals surface area contributed by atoms with Crippen LogP contribution in [0.4, 0.5) is 8.78 Å². The predicted molar refractivity (Wildman–Crippen MR) is 91.8 cm³/mol. The van der Waals surface area contributed by atoms with Gasteiger partial charge in [0.1, 0.15) is 16.5 Å². The fourth-order valence-electron chi connectivity index (χ4n) is 2.82. The van der Waals surface area contributed by atoms with Crippen LogP contribution in [0.15, 0.2) is 47.4 Å². The minimum Gasteiger partial charge on any atom is -0.296 e. The number of halogens is 3. The average Bonchev–Trinajstić information content (AvgIpc) is 2.57. The predicted octanol–water partition coefficient (Wildman–Crippen LogP) is 3.12. The van der Waals surface area contributed by atoms with Gasteiger partial charge in [0.2, 0.25) is 10.0 Å². The zero-order valence-corrected chi connectivity index (χ0v) is 14.9. The van der Waals surface area contributed by atoms with Gasteiger partial charge in [0.25, 0.3) is 0 Å². The molecule has 2 aromatic rings. The largest absolute Gasteiger partial charge is 0.296 e. The summed E-state index contributed by atoms with van der Waals surface area (Å²) >= 11 is 5.68. The normalized spacial score (nSPS) is 16.9. The Morgan fingerprint density at radius 2 is 1.64 bits per heavy atom. The van der Waals surface area contributed by atoms with Gasteiger partial charge >= 0.3 is 0 Å². The number of sulfonamides is 1. The highest BCUT2D eigenvalue weighted by Gasteiger charge is 2.30. The second-order valence-electron chi connectivity index (χ2n) is 5.85. The van der Waals surface area contributed by atoms with E-state index in [1.165, 1.54) is 22.5 Å². The first-order valence-electron chi connectivity index (χ1n) is 7.79. The smallest absolute Gasteiger partial charge is 0.246 e. The molecule has 25 heavy (non-hydrogen) atoms. The SMILES string of the molecule is O=S(=O)(c1ccc(Cl)cc1F)N1CCN(Cc2ccccc2F)CC1. The van der Waals surface area contributed by atoms with Gasteiger partial charge in [0.05, 0.1) is 0 Å². The molecule has 2 aromatic carbocycles. The van der Waals surface area contributed by atoms with Crippen LogP contribution in [0.3, 0.4) is 0 Å². The first-order valence-corrected chi connectivity index (χ1v) is 9.61. The topological polar surface area (TPSA) is 40.6 Å². The molecule has 1 saturated heterocycles. The van der Waals surface area contributed by atoms with Crippen LogP contribution in [0.1, 0.15) is 5.56 Å². The highest BCUT2D eigenvalue weighted by molar-refractivity contribution is 7.89. The summed E-state index contributed by atoms with van der Waals surface area (Å²) in [6.45, 7) is 1.75. The van der Waals surface area contributed by atoms with Crippen molar-refractivity contribution in [3.8, 4) is 0 Å². The van der Waals surface area contributed by atoms with Crippen molar-refractivity contribution in [3.63, 3.8) is 0 Å². The van der Waals surface area contributed by atoms with E-state index in [9.17, 15) is 17.2 Å². The summed E-state index contributed by atoms with van der Waals surface area (Å²) in [5.74, 6) is -1.14. The molecular weight excluding hydrogens is 370 g/mol. The van der Waals surface area contributed by atoms with E-state index in [1.807, 2.05) is 4.90 Å². The van der Waals surface area contributed by atoms with Crippen LogP contribution in [-0.2, 0) is 16.6 Å². The molecule has 8 heteroatoms. The maximum absolute atomic E-state index is 14.0. The Morgan fingerprint density at radius 1 is 0.960 bits per heavy atom. The third kappa shape index (κ3) is 4.00. The standard InChI is InChI=1S/C17H17ClF2N2O2S/c18-14-5-6-17(16(20)11-14)25(23,24)22-9-7-21(8-10-22)12-13-3-1-2-4-15(13)19/h1-6,11H,7-10,12H2. The van der Waals surface area contributed by atoms with Crippen molar-refractivity contribution in [2.75, 3.05) is 26.2 Å². The van der Waals surface area contributed by atoms with E-state index >= 15 is 0 Å². The number of hydrogen-bond acceptors (Lipinski definition) is 3. The van der Waals surface area contributed by atoms with Gasteiger partial charge < -0.3 is 0 Å². The van der Waals surface area contributed by atoms with E-state index in [-0.39, 0.29) is 28.8 Å². The van der Waals surface area contributed by atoms with Crippen molar-refractivity contribution in [2.45, 2.75) is 11.4 Å². The molecule has 0 unspecified atom stereocenters. The van der Waals surface area contributed by atoms with Gasteiger partial charge in [-0.15, -0.1) is 0 Å². The lowest BCUT2D eigenvalue weighted by Crippen LogP contribution is -2.48. The molecule has 0 amide bonds. The monoisotopic (exact) mass is 386 g/mol. The van der Waals surface area contributed by atoms with Crippen molar-refractivity contribution in [2.24, 2.45) is 0 Å². The summed E-state index contributed by atoms with van der Waals surface area (Å²) < 4.78 is 54.1. The molecule has 1 aliphatic heterocycles. The molecule has 0 aliphatic carbocycles. The summed E-state index contributed by atoms with van der Waals surface area (Å²) in [7, 11) is -3.91. The molecular formula is C17H17ClF2N2O2S. The third-order valence-electron chi connectivity index (χ3n) is 4.19. The Morgan fingerprint density at radius 3 is 2.28 bits per heavy atom. The Kier molecular flexibility index (Phi) is 5.38. The molecule has 1 aliphatic rings. The van der Waals surface area contributed by atoms with Gasteiger partial charge in [-0.05, 0) is 24.3 Å². The van der Waals surface area contributed by atoms with Crippen LogP contribution in [0.2, 0.25) is 5.02 Å². The van der Waals surface area contributed by atoms with Crippen LogP contribution in [0.5, 0.6) is 0 Å². The molecule has 0 aromatic heterocycles. The lowest BCUT2D eigenvalue weighted by Gasteiger charge is -2.34. The van der Waals surface area contributed by atoms with E-state index in [1.54, 1.807) is 18.2 Å². The number of nitrogens with zero attached hydrogens (tertiary/aromatic N) is 2. The lowest BCUT2D eigenvalue weighted by atomic mass is 10.2. The molecule has 1 heterocycles. The molecule has 3 rings (SSSR count). The van der Waals surface area contributed by atoms with Crippen LogP contribution < -0.4 is 0 Å². The highest BCUT2D eigenvalue weighted by Crippen LogP contribution is 2.23. The summed E-state index contributed by atoms with van der Waals surface area (Å²) in [5.41, 5.74) is 0.572. The fourth-order valence-corrected chi connectivity index (χ4v) is 4.45. The maximum atomic E-state index is 14.0. The summed E-state index contributed by atoms with van der Waals surface area (Å²) in [6.07, 6.45) is 0. The van der Waals surface area contributed by atoms with E-state index in [4.69, 9.17) is 11.6 Å². The maximum Gasteiger partial charge on any atom is 0.246 e. The average molecular weight is 387 g/mol. The Hall–Kier alpha value is -1.54. The van der Waals surface area contributed by atoms with Crippen molar-refractivity contribution in [1.29, 1.82) is 0 Å². The van der Waals surface area contributed by atoms with Crippen LogP contribution in [0.25, 0.3) is 0 Å². The highest BCUT2D eigenvalue weighted by atomic mass is 35.5. The molecule has 0 atom stereocenters. The number of piperazine rings is 1. The van der Waals surface area contributed by atoms with Crippen molar-refractivity contribution in [3.05, 3.63) is 64.7 Å². The van der Waals surface area contributed by atoms with Crippen LogP contribution >= 0.6 is 11.6 Å². The number of rotatable bonds is 4. The summed E-state index contributed by atoms with van der Waals surface area (Å²) in [6, 6.07) is 10.0. The Bertz CT molecular complexity index is 869. The minimum absolute atomic E-state index is 0.145. The molecule has 134 valence electrons. The van der Waals surface area contributed by atoms with Gasteiger partial charge in [0.15, 0.2) is 0 Å². The van der Waals surface area contributed by atoms with Gasteiger partial charge in [-0.2, -0.15) is 4.31 Å². The first-order chi connectivity index (χ1) is 11.9. The second kappa shape index (κ2) is 7.37. The summed E-state index contributed by atoms with van der Waals surface area (Å²) in [4.78, 5) is 1.60. The Labute approximate surface area is 150 Å². The van der Waals surface area contributed by atoms with Gasteiger partial charge in [0, 0.05) is 43.3 Å². The third-order valence-corrected chi connectivity index (χ3v) is 6.36. The number of benzene rings is 2. The van der Waals surface area contributed by atoms with Crippen molar-refractivity contribution < 1.29 is 17.2 Å². The molecule has 0 saturated carbocycles. The zero-order chi connectivity index (χ0) is 18.0. The van der Waals surface area contributed by atoms with Gasteiger partial charge in [-0.3, -0.25) is 4.90 Å². The van der Waals surface area contributed by atoms with Crippen LogP contribution in [0, 0.1) is 11.6 Å². The van der Waals surface area contributed by atoms with Crippen molar-refractivity contribution >= 4 is 21.6 Å². The van der Waals surface area contributed by atoms with Crippen LogP contribution in [-0.4, -0.2) is 43.8 Å². The molecule has 0 N–H and O–H groups in total. The molecule has 1 fully saturated rings. The van der Waals surface area contributed by atoms with E-state index < -0.39 is 15.8 Å². The molecule has 0 bridgehead atoms. The minimum atomic E-state index is -3.91.